The number of carbonyl (C=O) groups is 1. The van der Waals surface area contributed by atoms with E-state index in [1.807, 2.05) is 30.3 Å². The first-order chi connectivity index (χ1) is 7.75. The van der Waals surface area contributed by atoms with Gasteiger partial charge in [0.2, 0.25) is 11.7 Å². The van der Waals surface area contributed by atoms with Gasteiger partial charge in [0.25, 0.3) is 0 Å². The molecule has 1 heterocycles. The quantitative estimate of drug-likeness (QED) is 0.793. The van der Waals surface area contributed by atoms with Crippen LogP contribution in [0.4, 0.5) is 0 Å². The van der Waals surface area contributed by atoms with Crippen molar-refractivity contribution in [3.05, 3.63) is 30.3 Å². The van der Waals surface area contributed by atoms with Crippen LogP contribution in [0.2, 0.25) is 0 Å². The first kappa shape index (κ1) is 10.3. The molecule has 1 aromatic carbocycles. The number of benzene rings is 1. The zero-order valence-corrected chi connectivity index (χ0v) is 8.58. The summed E-state index contributed by atoms with van der Waals surface area (Å²) in [7, 11) is 0. The summed E-state index contributed by atoms with van der Waals surface area (Å²) in [5.41, 5.74) is 5.93. The molecule has 82 valence electrons. The number of carbonyl (C=O) groups excluding carboxylic acids is 1. The van der Waals surface area contributed by atoms with Crippen molar-refractivity contribution in [1.82, 2.24) is 20.2 Å². The van der Waals surface area contributed by atoms with Gasteiger partial charge < -0.3 is 5.73 Å². The molecule has 2 rings (SSSR count). The fraction of sp³-hybridized carbons (Fsp3) is 0.200. The Kier molecular flexibility index (Phi) is 2.90. The third kappa shape index (κ3) is 2.41. The summed E-state index contributed by atoms with van der Waals surface area (Å²) in [5, 5.41) is 11.9. The molecular formula is C10H11N5O. The number of primary amides is 1. The van der Waals surface area contributed by atoms with Gasteiger partial charge in [-0.15, -0.1) is 10.2 Å². The third-order valence-corrected chi connectivity index (χ3v) is 2.04. The molecule has 0 saturated heterocycles. The molecule has 16 heavy (non-hydrogen) atoms. The minimum Gasteiger partial charge on any atom is -0.370 e. The maximum Gasteiger partial charge on any atom is 0.219 e. The van der Waals surface area contributed by atoms with Gasteiger partial charge in [-0.2, -0.15) is 4.80 Å². The van der Waals surface area contributed by atoms with Gasteiger partial charge in [0, 0.05) is 12.0 Å². The van der Waals surface area contributed by atoms with E-state index in [2.05, 4.69) is 15.4 Å². The van der Waals surface area contributed by atoms with E-state index in [1.165, 1.54) is 4.80 Å². The number of tetrazole rings is 1. The van der Waals surface area contributed by atoms with E-state index in [0.29, 0.717) is 12.4 Å². The summed E-state index contributed by atoms with van der Waals surface area (Å²) in [5.74, 6) is 0.170. The van der Waals surface area contributed by atoms with E-state index in [9.17, 15) is 4.79 Å². The Hall–Kier alpha value is -2.24. The summed E-state index contributed by atoms with van der Waals surface area (Å²) < 4.78 is 0. The van der Waals surface area contributed by atoms with Crippen LogP contribution < -0.4 is 5.73 Å². The predicted octanol–water partition coefficient (Wildman–Crippen LogP) is 0.215. The van der Waals surface area contributed by atoms with E-state index in [4.69, 9.17) is 5.73 Å². The van der Waals surface area contributed by atoms with Crippen molar-refractivity contribution in [2.75, 3.05) is 0 Å². The summed E-state index contributed by atoms with van der Waals surface area (Å²) in [6.07, 6.45) is 0.213. The standard InChI is InChI=1S/C10H11N5O/c11-9(16)6-7-15-13-10(12-14-15)8-4-2-1-3-5-8/h1-5H,6-7H2,(H2,11,16). The van der Waals surface area contributed by atoms with Crippen molar-refractivity contribution in [3.8, 4) is 11.4 Å². The van der Waals surface area contributed by atoms with Gasteiger partial charge in [0.05, 0.1) is 6.54 Å². The Morgan fingerprint density at radius 1 is 1.31 bits per heavy atom. The highest BCUT2D eigenvalue weighted by Crippen LogP contribution is 2.11. The minimum absolute atomic E-state index is 0.213. The van der Waals surface area contributed by atoms with Crippen molar-refractivity contribution in [2.24, 2.45) is 5.73 Å². The highest BCUT2D eigenvalue weighted by molar-refractivity contribution is 5.73. The summed E-state index contributed by atoms with van der Waals surface area (Å²) in [4.78, 5) is 12.0. The van der Waals surface area contributed by atoms with Crippen LogP contribution in [0.25, 0.3) is 11.4 Å². The molecule has 0 aliphatic rings. The normalized spacial score (nSPS) is 10.2. The van der Waals surface area contributed by atoms with Crippen LogP contribution in [0.3, 0.4) is 0 Å². The molecule has 0 bridgehead atoms. The lowest BCUT2D eigenvalue weighted by Crippen LogP contribution is -2.15. The van der Waals surface area contributed by atoms with Crippen LogP contribution in [-0.2, 0) is 11.3 Å². The van der Waals surface area contributed by atoms with Gasteiger partial charge in [-0.25, -0.2) is 0 Å². The Morgan fingerprint density at radius 2 is 2.06 bits per heavy atom. The third-order valence-electron chi connectivity index (χ3n) is 2.04. The molecule has 0 aliphatic carbocycles. The van der Waals surface area contributed by atoms with Gasteiger partial charge in [-0.1, -0.05) is 30.3 Å². The Labute approximate surface area is 92.1 Å². The van der Waals surface area contributed by atoms with Crippen LogP contribution in [0.15, 0.2) is 30.3 Å². The van der Waals surface area contributed by atoms with Crippen LogP contribution in [0.1, 0.15) is 6.42 Å². The van der Waals surface area contributed by atoms with Crippen molar-refractivity contribution in [3.63, 3.8) is 0 Å². The number of nitrogens with zero attached hydrogens (tertiary/aromatic N) is 4. The van der Waals surface area contributed by atoms with Gasteiger partial charge in [0.15, 0.2) is 0 Å². The van der Waals surface area contributed by atoms with Gasteiger partial charge >= 0.3 is 0 Å². The molecule has 6 heteroatoms. The fourth-order valence-electron chi connectivity index (χ4n) is 1.25. The average Bonchev–Trinajstić information content (AvgIpc) is 2.76. The first-order valence-electron chi connectivity index (χ1n) is 4.87. The minimum atomic E-state index is -0.376. The highest BCUT2D eigenvalue weighted by Gasteiger charge is 2.05. The Balaban J connectivity index is 2.11. The van der Waals surface area contributed by atoms with Gasteiger partial charge in [0.1, 0.15) is 0 Å². The molecule has 0 fully saturated rings. The van der Waals surface area contributed by atoms with Gasteiger partial charge in [-0.3, -0.25) is 4.79 Å². The number of aryl methyl sites for hydroxylation is 1. The lowest BCUT2D eigenvalue weighted by Gasteiger charge is -1.94. The Morgan fingerprint density at radius 3 is 2.75 bits per heavy atom. The topological polar surface area (TPSA) is 86.7 Å². The molecule has 0 aliphatic heterocycles. The molecule has 0 atom stereocenters. The fourth-order valence-corrected chi connectivity index (χ4v) is 1.25. The van der Waals surface area contributed by atoms with Crippen LogP contribution in [-0.4, -0.2) is 26.1 Å². The SMILES string of the molecule is NC(=O)CCn1nnc(-c2ccccc2)n1. The predicted molar refractivity (Wildman–Crippen MR) is 57.1 cm³/mol. The molecule has 0 saturated carbocycles. The lowest BCUT2D eigenvalue weighted by molar-refractivity contribution is -0.118. The molecule has 2 N–H and O–H groups in total. The largest absolute Gasteiger partial charge is 0.370 e. The van der Waals surface area contributed by atoms with E-state index in [0.717, 1.165) is 5.56 Å². The number of hydrogen-bond acceptors (Lipinski definition) is 4. The van der Waals surface area contributed by atoms with Crippen molar-refractivity contribution < 1.29 is 4.79 Å². The molecule has 2 aromatic rings. The number of rotatable bonds is 4. The van der Waals surface area contributed by atoms with Gasteiger partial charge in [-0.05, 0) is 5.21 Å². The first-order valence-corrected chi connectivity index (χ1v) is 4.87. The smallest absolute Gasteiger partial charge is 0.219 e. The molecule has 0 spiro atoms. The Bertz CT molecular complexity index is 479. The molecule has 1 amide bonds. The van der Waals surface area contributed by atoms with E-state index >= 15 is 0 Å². The number of aromatic nitrogens is 4. The maximum absolute atomic E-state index is 10.6. The number of nitrogens with two attached hydrogens (primary N) is 1. The van der Waals surface area contributed by atoms with Crippen LogP contribution in [0.5, 0.6) is 0 Å². The number of amides is 1. The van der Waals surface area contributed by atoms with Crippen molar-refractivity contribution >= 4 is 5.91 Å². The number of hydrogen-bond donors (Lipinski definition) is 1. The highest BCUT2D eigenvalue weighted by atomic mass is 16.1. The summed E-state index contributed by atoms with van der Waals surface area (Å²) in [6.45, 7) is 0.356. The lowest BCUT2D eigenvalue weighted by atomic mass is 10.2. The monoisotopic (exact) mass is 217 g/mol. The second-order valence-electron chi connectivity index (χ2n) is 3.29. The summed E-state index contributed by atoms with van der Waals surface area (Å²) in [6, 6.07) is 9.52. The van der Waals surface area contributed by atoms with Crippen molar-refractivity contribution in [2.45, 2.75) is 13.0 Å². The second kappa shape index (κ2) is 4.52. The van der Waals surface area contributed by atoms with Crippen LogP contribution >= 0.6 is 0 Å². The average molecular weight is 217 g/mol. The second-order valence-corrected chi connectivity index (χ2v) is 3.29. The zero-order valence-electron chi connectivity index (χ0n) is 8.58. The summed E-state index contributed by atoms with van der Waals surface area (Å²) >= 11 is 0. The molecule has 0 unspecified atom stereocenters. The molecule has 0 radical (unpaired) electrons. The molecular weight excluding hydrogens is 206 g/mol. The van der Waals surface area contributed by atoms with E-state index in [1.54, 1.807) is 0 Å². The molecule has 6 nitrogen and oxygen atoms in total. The van der Waals surface area contributed by atoms with E-state index < -0.39 is 0 Å². The maximum atomic E-state index is 10.6. The van der Waals surface area contributed by atoms with Crippen LogP contribution in [0, 0.1) is 0 Å². The zero-order chi connectivity index (χ0) is 11.4. The van der Waals surface area contributed by atoms with E-state index in [-0.39, 0.29) is 12.3 Å². The molecule has 1 aromatic heterocycles. The van der Waals surface area contributed by atoms with Crippen molar-refractivity contribution in [1.29, 1.82) is 0 Å².